The number of hydrogen-bond acceptors (Lipinski definition) is 7. The van der Waals surface area contributed by atoms with Crippen LogP contribution >= 0.6 is 0 Å². The first-order chi connectivity index (χ1) is 11.9. The lowest BCUT2D eigenvalue weighted by atomic mass is 9.76. The van der Waals surface area contributed by atoms with Crippen LogP contribution < -0.4 is 4.90 Å². The van der Waals surface area contributed by atoms with Crippen molar-refractivity contribution in [1.82, 2.24) is 14.6 Å². The van der Waals surface area contributed by atoms with Crippen LogP contribution in [0.5, 0.6) is 0 Å². The highest BCUT2D eigenvalue weighted by Gasteiger charge is 2.48. The summed E-state index contributed by atoms with van der Waals surface area (Å²) >= 11 is 0. The molecule has 0 aromatic carbocycles. The molecule has 0 N–H and O–H groups in total. The van der Waals surface area contributed by atoms with Gasteiger partial charge in [-0.2, -0.15) is 0 Å². The Labute approximate surface area is 144 Å². The third kappa shape index (κ3) is 2.79. The van der Waals surface area contributed by atoms with Gasteiger partial charge in [0.15, 0.2) is 5.82 Å². The number of rotatable bonds is 5. The number of fused-ring (bicyclic) bond motifs is 1. The van der Waals surface area contributed by atoms with Crippen molar-refractivity contribution in [2.45, 2.75) is 27.2 Å². The minimum absolute atomic E-state index is 0.114. The Bertz CT molecular complexity index is 818. The third-order valence-electron chi connectivity index (χ3n) is 4.93. The van der Waals surface area contributed by atoms with Gasteiger partial charge in [-0.15, -0.1) is 0 Å². The summed E-state index contributed by atoms with van der Waals surface area (Å²) < 4.78 is 6.51. The minimum Gasteiger partial charge on any atom is -0.466 e. The van der Waals surface area contributed by atoms with Crippen LogP contribution in [0.25, 0.3) is 5.65 Å². The number of carbonyl (C=O) groups excluding carboxylic acids is 1. The second-order valence-corrected chi connectivity index (χ2v) is 6.54. The largest absolute Gasteiger partial charge is 0.466 e. The van der Waals surface area contributed by atoms with Gasteiger partial charge in [0.25, 0.3) is 0 Å². The minimum atomic E-state index is -0.590. The van der Waals surface area contributed by atoms with E-state index < -0.39 is 10.3 Å². The monoisotopic (exact) mass is 347 g/mol. The van der Waals surface area contributed by atoms with Crippen molar-refractivity contribution in [3.63, 3.8) is 0 Å². The molecule has 25 heavy (non-hydrogen) atoms. The molecule has 1 unspecified atom stereocenters. The quantitative estimate of drug-likeness (QED) is 0.463. The number of aromatic nitrogens is 3. The molecule has 2 aromatic heterocycles. The molecule has 1 aliphatic heterocycles. The molecule has 134 valence electrons. The van der Waals surface area contributed by atoms with E-state index >= 15 is 0 Å². The van der Waals surface area contributed by atoms with Crippen molar-refractivity contribution in [2.24, 2.45) is 11.3 Å². The molecule has 3 heterocycles. The van der Waals surface area contributed by atoms with Gasteiger partial charge in [-0.3, -0.25) is 4.79 Å². The maximum absolute atomic E-state index is 12.5. The highest BCUT2D eigenvalue weighted by Crippen LogP contribution is 2.40. The number of ether oxygens (including phenoxy) is 1. The van der Waals surface area contributed by atoms with E-state index in [1.807, 2.05) is 18.7 Å². The van der Waals surface area contributed by atoms with Gasteiger partial charge < -0.3 is 19.8 Å². The average Bonchev–Trinajstić information content (AvgIpc) is 3.19. The molecule has 2 aromatic rings. The lowest BCUT2D eigenvalue weighted by molar-refractivity contribution is -0.391. The van der Waals surface area contributed by atoms with Crippen LogP contribution in [0.2, 0.25) is 0 Å². The van der Waals surface area contributed by atoms with Gasteiger partial charge in [-0.05, 0) is 30.3 Å². The molecule has 3 rings (SSSR count). The van der Waals surface area contributed by atoms with E-state index in [4.69, 9.17) is 4.74 Å². The van der Waals surface area contributed by atoms with E-state index in [0.29, 0.717) is 37.6 Å². The van der Waals surface area contributed by atoms with E-state index in [2.05, 4.69) is 10.1 Å². The predicted octanol–water partition coefficient (Wildman–Crippen LogP) is 2.05. The number of nitro groups is 1. The van der Waals surface area contributed by atoms with Crippen LogP contribution in [0.1, 0.15) is 27.2 Å². The zero-order chi connectivity index (χ0) is 18.2. The molecule has 0 aliphatic carbocycles. The molecule has 0 spiro atoms. The van der Waals surface area contributed by atoms with Gasteiger partial charge in [0.1, 0.15) is 6.20 Å². The maximum atomic E-state index is 12.5. The van der Waals surface area contributed by atoms with E-state index in [-0.39, 0.29) is 17.7 Å². The Morgan fingerprint density at radius 1 is 1.48 bits per heavy atom. The van der Waals surface area contributed by atoms with Crippen LogP contribution in [0.4, 0.5) is 11.6 Å². The fraction of sp³-hybridized carbons (Fsp3) is 0.562. The Hall–Kier alpha value is -2.71. The number of esters is 1. The summed E-state index contributed by atoms with van der Waals surface area (Å²) in [4.78, 5) is 29.1. The summed E-state index contributed by atoms with van der Waals surface area (Å²) in [5.41, 5.74) is -0.178. The number of anilines is 1. The van der Waals surface area contributed by atoms with E-state index in [1.54, 1.807) is 19.1 Å². The zero-order valence-electron chi connectivity index (χ0n) is 14.5. The summed E-state index contributed by atoms with van der Waals surface area (Å²) in [6, 6.07) is 3.46. The van der Waals surface area contributed by atoms with Gasteiger partial charge >= 0.3 is 11.8 Å². The van der Waals surface area contributed by atoms with Gasteiger partial charge in [0.05, 0.1) is 12.0 Å². The smallest absolute Gasteiger partial charge is 0.368 e. The Morgan fingerprint density at radius 3 is 2.88 bits per heavy atom. The number of imidazole rings is 1. The Kier molecular flexibility index (Phi) is 4.32. The fourth-order valence-electron chi connectivity index (χ4n) is 3.32. The number of hydrogen-bond donors (Lipinski definition) is 0. The van der Waals surface area contributed by atoms with Crippen molar-refractivity contribution < 1.29 is 14.5 Å². The first-order valence-corrected chi connectivity index (χ1v) is 8.30. The van der Waals surface area contributed by atoms with Crippen molar-refractivity contribution >= 4 is 23.3 Å². The lowest BCUT2D eigenvalue weighted by Gasteiger charge is -2.30. The normalized spacial score (nSPS) is 20.4. The zero-order valence-corrected chi connectivity index (χ0v) is 14.5. The van der Waals surface area contributed by atoms with Crippen LogP contribution in [0, 0.1) is 21.4 Å². The number of nitrogens with zero attached hydrogens (tertiary/aromatic N) is 5. The molecule has 0 amide bonds. The molecule has 0 radical (unpaired) electrons. The topological polar surface area (TPSA) is 103 Å². The molecule has 1 saturated heterocycles. The highest BCUT2D eigenvalue weighted by molar-refractivity contribution is 5.79. The molecule has 9 nitrogen and oxygen atoms in total. The van der Waals surface area contributed by atoms with E-state index in [0.717, 1.165) is 0 Å². The molecule has 1 fully saturated rings. The maximum Gasteiger partial charge on any atom is 0.368 e. The first kappa shape index (κ1) is 17.1. The van der Waals surface area contributed by atoms with Crippen LogP contribution in [0.3, 0.4) is 0 Å². The Balaban J connectivity index is 1.93. The van der Waals surface area contributed by atoms with Gasteiger partial charge in [0.2, 0.25) is 5.65 Å². The average molecular weight is 347 g/mol. The summed E-state index contributed by atoms with van der Waals surface area (Å²) in [7, 11) is 0. The summed E-state index contributed by atoms with van der Waals surface area (Å²) in [5, 5.41) is 15.4. The van der Waals surface area contributed by atoms with Crippen molar-refractivity contribution in [3.05, 3.63) is 28.4 Å². The second-order valence-electron chi connectivity index (χ2n) is 6.54. The molecule has 9 heteroatoms. The molecular formula is C16H21N5O4. The van der Waals surface area contributed by atoms with Gasteiger partial charge in [-0.25, -0.2) is 4.98 Å². The lowest BCUT2D eigenvalue weighted by Crippen LogP contribution is -2.40. The third-order valence-corrected chi connectivity index (χ3v) is 4.93. The SMILES string of the molecule is CCOC(=O)C1(C(C)C)CCN(c2ccc3ncc([N+](=O)[O-])n3n2)C1. The fourth-order valence-corrected chi connectivity index (χ4v) is 3.32. The standard InChI is InChI=1S/C16H21N5O4/c1-4-25-15(22)16(11(2)3)7-8-19(10-16)13-6-5-12-17-9-14(21(23)24)20(12)18-13/h5-6,9,11H,4,7-8,10H2,1-3H3. The first-order valence-electron chi connectivity index (χ1n) is 8.30. The summed E-state index contributed by atoms with van der Waals surface area (Å²) in [6.45, 7) is 7.28. The summed E-state index contributed by atoms with van der Waals surface area (Å²) in [5.74, 6) is 0.321. The molecule has 0 saturated carbocycles. The van der Waals surface area contributed by atoms with Crippen molar-refractivity contribution in [1.29, 1.82) is 0 Å². The van der Waals surface area contributed by atoms with Crippen molar-refractivity contribution in [2.75, 3.05) is 24.6 Å². The van der Waals surface area contributed by atoms with E-state index in [9.17, 15) is 14.9 Å². The highest BCUT2D eigenvalue weighted by atomic mass is 16.6. The molecular weight excluding hydrogens is 326 g/mol. The van der Waals surface area contributed by atoms with E-state index in [1.165, 1.54) is 10.7 Å². The van der Waals surface area contributed by atoms with Crippen LogP contribution in [0.15, 0.2) is 18.3 Å². The van der Waals surface area contributed by atoms with Crippen LogP contribution in [-0.4, -0.2) is 45.2 Å². The second kappa shape index (κ2) is 6.30. The molecule has 0 bridgehead atoms. The number of carbonyl (C=O) groups is 1. The van der Waals surface area contributed by atoms with Gasteiger partial charge in [0, 0.05) is 19.2 Å². The van der Waals surface area contributed by atoms with Crippen molar-refractivity contribution in [3.8, 4) is 0 Å². The summed E-state index contributed by atoms with van der Waals surface area (Å²) in [6.07, 6.45) is 1.85. The van der Waals surface area contributed by atoms with Crippen LogP contribution in [-0.2, 0) is 9.53 Å². The Morgan fingerprint density at radius 2 is 2.24 bits per heavy atom. The predicted molar refractivity (Wildman–Crippen MR) is 90.4 cm³/mol. The molecule has 1 aliphatic rings. The molecule has 1 atom stereocenters. The van der Waals surface area contributed by atoms with Gasteiger partial charge in [-0.1, -0.05) is 23.5 Å².